The number of nitrogens with zero attached hydrogens (tertiary/aromatic N) is 1. The van der Waals surface area contributed by atoms with E-state index in [9.17, 15) is 4.79 Å². The van der Waals surface area contributed by atoms with Crippen LogP contribution in [0.15, 0.2) is 29.2 Å². The van der Waals surface area contributed by atoms with Gasteiger partial charge in [-0.05, 0) is 68.1 Å². The van der Waals surface area contributed by atoms with Crippen molar-refractivity contribution in [3.8, 4) is 17.0 Å². The number of benzene rings is 1. The van der Waals surface area contributed by atoms with Crippen molar-refractivity contribution in [1.29, 1.82) is 0 Å². The Bertz CT molecular complexity index is 1110. The van der Waals surface area contributed by atoms with Crippen molar-refractivity contribution >= 4 is 22.5 Å². The van der Waals surface area contributed by atoms with Gasteiger partial charge in [0.05, 0.1) is 5.69 Å². The second kappa shape index (κ2) is 7.88. The minimum absolute atomic E-state index is 0.173. The Morgan fingerprint density at radius 3 is 2.66 bits per heavy atom. The van der Waals surface area contributed by atoms with E-state index in [4.69, 9.17) is 16.3 Å². The highest BCUT2D eigenvalue weighted by atomic mass is 35.5. The Labute approximate surface area is 176 Å². The number of aryl methyl sites for hydroxylation is 1. The topological polar surface area (TPSA) is 59.0 Å². The number of halogens is 1. The first kappa shape index (κ1) is 20.0. The molecular weight excluding hydrogens is 386 g/mol. The molecule has 1 aromatic carbocycles. The lowest BCUT2D eigenvalue weighted by molar-refractivity contribution is 0.162. The van der Waals surface area contributed by atoms with Gasteiger partial charge in [0, 0.05) is 29.7 Å². The summed E-state index contributed by atoms with van der Waals surface area (Å²) in [6, 6.07) is 6.26. The highest BCUT2D eigenvalue weighted by molar-refractivity contribution is 6.31. The van der Waals surface area contributed by atoms with Gasteiger partial charge in [-0.2, -0.15) is 0 Å². The standard InChI is InChI=1S/C23H28ClN3O2/c1-13(2)20-17-11-16(29-15-7-9-25-10-8-15)5-6-19(17)26-22(20)18-12-27(4)23(28)21(24)14(18)3/h5-6,11-13,15,25-26H,7-10H2,1-4H3. The van der Waals surface area contributed by atoms with E-state index in [-0.39, 0.29) is 16.7 Å². The molecule has 29 heavy (non-hydrogen) atoms. The van der Waals surface area contributed by atoms with Crippen LogP contribution < -0.4 is 15.6 Å². The third kappa shape index (κ3) is 3.69. The second-order valence-electron chi connectivity index (χ2n) is 8.24. The molecule has 2 N–H and O–H groups in total. The molecule has 6 heteroatoms. The van der Waals surface area contributed by atoms with E-state index in [0.29, 0.717) is 5.92 Å². The summed E-state index contributed by atoms with van der Waals surface area (Å²) in [7, 11) is 1.74. The van der Waals surface area contributed by atoms with Gasteiger partial charge >= 0.3 is 0 Å². The van der Waals surface area contributed by atoms with Gasteiger partial charge in [-0.1, -0.05) is 25.4 Å². The molecule has 0 unspecified atom stereocenters. The molecule has 3 aromatic rings. The van der Waals surface area contributed by atoms with Crippen molar-refractivity contribution in [2.24, 2.45) is 7.05 Å². The van der Waals surface area contributed by atoms with Crippen LogP contribution in [0.4, 0.5) is 0 Å². The van der Waals surface area contributed by atoms with Gasteiger partial charge in [-0.3, -0.25) is 4.79 Å². The summed E-state index contributed by atoms with van der Waals surface area (Å²) < 4.78 is 7.82. The lowest BCUT2D eigenvalue weighted by Gasteiger charge is -2.24. The van der Waals surface area contributed by atoms with Crippen molar-refractivity contribution in [2.75, 3.05) is 13.1 Å². The predicted octanol–water partition coefficient (Wildman–Crippen LogP) is 4.75. The fraction of sp³-hybridized carbons (Fsp3) is 0.435. The molecule has 0 saturated carbocycles. The van der Waals surface area contributed by atoms with Crippen LogP contribution in [0.5, 0.6) is 5.75 Å². The van der Waals surface area contributed by atoms with E-state index in [0.717, 1.165) is 59.4 Å². The van der Waals surface area contributed by atoms with Crippen molar-refractivity contribution in [3.63, 3.8) is 0 Å². The molecule has 1 aliphatic rings. The van der Waals surface area contributed by atoms with Crippen LogP contribution in [0.25, 0.3) is 22.2 Å². The van der Waals surface area contributed by atoms with E-state index < -0.39 is 0 Å². The van der Waals surface area contributed by atoms with Gasteiger partial charge in [-0.15, -0.1) is 0 Å². The highest BCUT2D eigenvalue weighted by Gasteiger charge is 2.21. The molecule has 0 aliphatic carbocycles. The molecule has 0 amide bonds. The van der Waals surface area contributed by atoms with Crippen LogP contribution >= 0.6 is 11.6 Å². The number of nitrogens with one attached hydrogen (secondary N) is 2. The summed E-state index contributed by atoms with van der Waals surface area (Å²) >= 11 is 6.33. The molecule has 0 atom stereocenters. The molecule has 2 aromatic heterocycles. The molecule has 4 rings (SSSR count). The average Bonchev–Trinajstić information content (AvgIpc) is 3.08. The SMILES string of the molecule is Cc1c(-c2[nH]c3ccc(OC4CCNCC4)cc3c2C(C)C)cn(C)c(=O)c1Cl. The van der Waals surface area contributed by atoms with E-state index in [2.05, 4.69) is 36.3 Å². The second-order valence-corrected chi connectivity index (χ2v) is 8.62. The van der Waals surface area contributed by atoms with Gasteiger partial charge in [0.15, 0.2) is 0 Å². The van der Waals surface area contributed by atoms with Gasteiger partial charge in [0.2, 0.25) is 0 Å². The van der Waals surface area contributed by atoms with Crippen LogP contribution in [0, 0.1) is 6.92 Å². The summed E-state index contributed by atoms with van der Waals surface area (Å²) in [6.45, 7) is 8.29. The number of aromatic nitrogens is 2. The Kier molecular flexibility index (Phi) is 5.45. The lowest BCUT2D eigenvalue weighted by Crippen LogP contribution is -2.34. The zero-order valence-corrected chi connectivity index (χ0v) is 18.2. The number of ether oxygens (including phenoxy) is 1. The van der Waals surface area contributed by atoms with Crippen molar-refractivity contribution in [1.82, 2.24) is 14.9 Å². The molecule has 1 aliphatic heterocycles. The number of hydrogen-bond donors (Lipinski definition) is 2. The molecule has 5 nitrogen and oxygen atoms in total. The summed E-state index contributed by atoms with van der Waals surface area (Å²) in [5.74, 6) is 1.20. The first-order chi connectivity index (χ1) is 13.9. The largest absolute Gasteiger partial charge is 0.490 e. The first-order valence-electron chi connectivity index (χ1n) is 10.3. The summed E-state index contributed by atoms with van der Waals surface area (Å²) in [4.78, 5) is 15.8. The Morgan fingerprint density at radius 2 is 1.97 bits per heavy atom. The van der Waals surface area contributed by atoms with E-state index in [1.165, 1.54) is 5.56 Å². The minimum Gasteiger partial charge on any atom is -0.490 e. The fourth-order valence-electron chi connectivity index (χ4n) is 4.22. The fourth-order valence-corrected chi connectivity index (χ4v) is 4.45. The van der Waals surface area contributed by atoms with Crippen molar-refractivity contribution < 1.29 is 4.74 Å². The number of aromatic amines is 1. The molecule has 1 saturated heterocycles. The molecule has 0 radical (unpaired) electrons. The minimum atomic E-state index is -0.173. The molecule has 154 valence electrons. The molecule has 1 fully saturated rings. The van der Waals surface area contributed by atoms with E-state index >= 15 is 0 Å². The monoisotopic (exact) mass is 413 g/mol. The number of hydrogen-bond acceptors (Lipinski definition) is 3. The maximum absolute atomic E-state index is 12.2. The molecule has 0 bridgehead atoms. The van der Waals surface area contributed by atoms with Crippen LogP contribution in [0.2, 0.25) is 5.02 Å². The number of fused-ring (bicyclic) bond motifs is 1. The zero-order chi connectivity index (χ0) is 20.7. The van der Waals surface area contributed by atoms with Gasteiger partial charge in [0.25, 0.3) is 5.56 Å². The number of pyridine rings is 1. The van der Waals surface area contributed by atoms with Gasteiger partial charge in [-0.25, -0.2) is 0 Å². The van der Waals surface area contributed by atoms with Gasteiger partial charge < -0.3 is 19.6 Å². The smallest absolute Gasteiger partial charge is 0.269 e. The third-order valence-corrected chi connectivity index (χ3v) is 6.26. The lowest BCUT2D eigenvalue weighted by atomic mass is 9.95. The Hall–Kier alpha value is -2.24. The Morgan fingerprint density at radius 1 is 1.24 bits per heavy atom. The third-order valence-electron chi connectivity index (χ3n) is 5.81. The van der Waals surface area contributed by atoms with Crippen LogP contribution in [-0.2, 0) is 7.05 Å². The molecule has 3 heterocycles. The summed E-state index contributed by atoms with van der Waals surface area (Å²) in [6.07, 6.45) is 4.19. The molecule has 0 spiro atoms. The van der Waals surface area contributed by atoms with E-state index in [1.54, 1.807) is 11.6 Å². The summed E-state index contributed by atoms with van der Waals surface area (Å²) in [5, 5.41) is 4.80. The average molecular weight is 414 g/mol. The zero-order valence-electron chi connectivity index (χ0n) is 17.4. The molecular formula is C23H28ClN3O2. The highest BCUT2D eigenvalue weighted by Crippen LogP contribution is 2.39. The van der Waals surface area contributed by atoms with Crippen molar-refractivity contribution in [2.45, 2.75) is 45.6 Å². The first-order valence-corrected chi connectivity index (χ1v) is 10.6. The predicted molar refractivity (Wildman–Crippen MR) is 119 cm³/mol. The quantitative estimate of drug-likeness (QED) is 0.648. The maximum atomic E-state index is 12.2. The maximum Gasteiger partial charge on any atom is 0.269 e. The van der Waals surface area contributed by atoms with Crippen molar-refractivity contribution in [3.05, 3.63) is 50.9 Å². The normalized spacial score (nSPS) is 15.4. The van der Waals surface area contributed by atoms with Gasteiger partial charge in [0.1, 0.15) is 16.9 Å². The van der Waals surface area contributed by atoms with Crippen LogP contribution in [0.1, 0.15) is 43.7 Å². The Balaban J connectivity index is 1.83. The van der Waals surface area contributed by atoms with Crippen LogP contribution in [-0.4, -0.2) is 28.7 Å². The number of rotatable bonds is 4. The van der Waals surface area contributed by atoms with Crippen LogP contribution in [0.3, 0.4) is 0 Å². The van der Waals surface area contributed by atoms with E-state index in [1.807, 2.05) is 19.2 Å². The number of H-pyrrole nitrogens is 1. The number of piperidine rings is 1. The summed E-state index contributed by atoms with van der Waals surface area (Å²) in [5.41, 5.74) is 4.88.